The molecule has 1 aliphatic heterocycles. The Morgan fingerprint density at radius 3 is 2.96 bits per heavy atom. The van der Waals surface area contributed by atoms with Crippen LogP contribution in [0, 0.1) is 5.82 Å². The van der Waals surface area contributed by atoms with Gasteiger partial charge in [-0.15, -0.1) is 11.3 Å². The summed E-state index contributed by atoms with van der Waals surface area (Å²) in [5.41, 5.74) is 0.482. The van der Waals surface area contributed by atoms with Gasteiger partial charge in [0.15, 0.2) is 0 Å². The van der Waals surface area contributed by atoms with E-state index < -0.39 is 0 Å². The third-order valence-corrected chi connectivity index (χ3v) is 4.96. The zero-order chi connectivity index (χ0) is 16.5. The van der Waals surface area contributed by atoms with Gasteiger partial charge in [-0.1, -0.05) is 29.4 Å². The zero-order valence-corrected chi connectivity index (χ0v) is 13.5. The predicted octanol–water partition coefficient (Wildman–Crippen LogP) is 3.80. The maximum atomic E-state index is 13.9. The monoisotopic (exact) mass is 343 g/mol. The van der Waals surface area contributed by atoms with E-state index >= 15 is 0 Å². The van der Waals surface area contributed by atoms with E-state index in [1.54, 1.807) is 23.1 Å². The van der Waals surface area contributed by atoms with Crippen molar-refractivity contribution in [2.24, 2.45) is 0 Å². The van der Waals surface area contributed by atoms with Gasteiger partial charge < -0.3 is 9.42 Å². The normalized spacial score (nSPS) is 17.6. The molecule has 7 heteroatoms. The first kappa shape index (κ1) is 15.0. The van der Waals surface area contributed by atoms with Gasteiger partial charge in [-0.3, -0.25) is 4.79 Å². The maximum Gasteiger partial charge on any atom is 0.249 e. The van der Waals surface area contributed by atoms with E-state index in [-0.39, 0.29) is 24.3 Å². The maximum absolute atomic E-state index is 13.9. The van der Waals surface area contributed by atoms with Gasteiger partial charge in [0.05, 0.1) is 4.88 Å². The van der Waals surface area contributed by atoms with Crippen LogP contribution in [0.3, 0.4) is 0 Å². The van der Waals surface area contributed by atoms with Crippen molar-refractivity contribution in [2.75, 3.05) is 0 Å². The second-order valence-corrected chi connectivity index (χ2v) is 6.55. The highest BCUT2D eigenvalue weighted by atomic mass is 32.1. The average molecular weight is 343 g/mol. The minimum atomic E-state index is -0.319. The first-order valence-corrected chi connectivity index (χ1v) is 8.50. The van der Waals surface area contributed by atoms with Crippen LogP contribution in [0.25, 0.3) is 10.7 Å². The SMILES string of the molecule is O=C1CCC(c2nc(-c3cccs3)no2)N1Cc1ccccc1F. The fraction of sp³-hybridized carbons (Fsp3) is 0.235. The molecule has 1 fully saturated rings. The summed E-state index contributed by atoms with van der Waals surface area (Å²) in [4.78, 5) is 19.2. The molecule has 1 saturated heterocycles. The van der Waals surface area contributed by atoms with Crippen LogP contribution in [-0.2, 0) is 11.3 Å². The Morgan fingerprint density at radius 1 is 1.29 bits per heavy atom. The molecular weight excluding hydrogens is 329 g/mol. The molecule has 122 valence electrons. The van der Waals surface area contributed by atoms with Crippen molar-refractivity contribution in [2.45, 2.75) is 25.4 Å². The second kappa shape index (κ2) is 6.16. The molecule has 0 N–H and O–H groups in total. The van der Waals surface area contributed by atoms with Gasteiger partial charge in [-0.2, -0.15) is 4.98 Å². The highest BCUT2D eigenvalue weighted by molar-refractivity contribution is 7.13. The van der Waals surface area contributed by atoms with Crippen LogP contribution in [0.15, 0.2) is 46.3 Å². The average Bonchev–Trinajstić information content (AvgIpc) is 3.31. The van der Waals surface area contributed by atoms with Crippen molar-refractivity contribution in [3.8, 4) is 10.7 Å². The van der Waals surface area contributed by atoms with Gasteiger partial charge in [0, 0.05) is 18.5 Å². The van der Waals surface area contributed by atoms with Crippen LogP contribution in [0.1, 0.15) is 30.3 Å². The molecule has 0 saturated carbocycles. The summed E-state index contributed by atoms with van der Waals surface area (Å²) in [7, 11) is 0. The highest BCUT2D eigenvalue weighted by Crippen LogP contribution is 2.34. The van der Waals surface area contributed by atoms with Gasteiger partial charge in [0.2, 0.25) is 17.6 Å². The van der Waals surface area contributed by atoms with Crippen molar-refractivity contribution < 1.29 is 13.7 Å². The van der Waals surface area contributed by atoms with Crippen LogP contribution in [0.4, 0.5) is 4.39 Å². The van der Waals surface area contributed by atoms with Gasteiger partial charge in [-0.25, -0.2) is 4.39 Å². The molecule has 24 heavy (non-hydrogen) atoms. The number of rotatable bonds is 4. The number of hydrogen-bond acceptors (Lipinski definition) is 5. The predicted molar refractivity (Wildman–Crippen MR) is 86.5 cm³/mol. The first-order chi connectivity index (χ1) is 11.7. The van der Waals surface area contributed by atoms with Crippen LogP contribution in [0.2, 0.25) is 0 Å². The van der Waals surface area contributed by atoms with E-state index in [9.17, 15) is 9.18 Å². The molecule has 0 radical (unpaired) electrons. The number of halogens is 1. The number of carbonyl (C=O) groups is 1. The summed E-state index contributed by atoms with van der Waals surface area (Å²) < 4.78 is 19.3. The summed E-state index contributed by atoms with van der Waals surface area (Å²) in [5, 5.41) is 5.94. The number of amides is 1. The molecule has 1 unspecified atom stereocenters. The van der Waals surface area contributed by atoms with Gasteiger partial charge in [0.25, 0.3) is 0 Å². The minimum Gasteiger partial charge on any atom is -0.337 e. The molecule has 0 bridgehead atoms. The molecular formula is C17H14FN3O2S. The fourth-order valence-corrected chi connectivity index (χ4v) is 3.52. The molecule has 5 nitrogen and oxygen atoms in total. The second-order valence-electron chi connectivity index (χ2n) is 5.60. The van der Waals surface area contributed by atoms with Gasteiger partial charge in [0.1, 0.15) is 11.9 Å². The Morgan fingerprint density at radius 2 is 2.17 bits per heavy atom. The van der Waals surface area contributed by atoms with Crippen molar-refractivity contribution in [3.63, 3.8) is 0 Å². The molecule has 4 rings (SSSR count). The molecule has 0 aliphatic carbocycles. The van der Waals surface area contributed by atoms with Crippen molar-refractivity contribution in [1.82, 2.24) is 15.0 Å². The minimum absolute atomic E-state index is 0.0286. The molecule has 1 atom stereocenters. The number of hydrogen-bond donors (Lipinski definition) is 0. The molecule has 2 aromatic heterocycles. The van der Waals surface area contributed by atoms with E-state index in [1.165, 1.54) is 17.4 Å². The van der Waals surface area contributed by atoms with Crippen molar-refractivity contribution in [1.29, 1.82) is 0 Å². The van der Waals surface area contributed by atoms with Crippen LogP contribution < -0.4 is 0 Å². The highest BCUT2D eigenvalue weighted by Gasteiger charge is 2.36. The van der Waals surface area contributed by atoms with Gasteiger partial charge in [-0.05, 0) is 23.9 Å². The van der Waals surface area contributed by atoms with E-state index in [0.717, 1.165) is 4.88 Å². The summed E-state index contributed by atoms with van der Waals surface area (Å²) in [6, 6.07) is 9.99. The number of thiophene rings is 1. The zero-order valence-electron chi connectivity index (χ0n) is 12.7. The Hall–Kier alpha value is -2.54. The Bertz CT molecular complexity index is 862. The number of aromatic nitrogens is 2. The smallest absolute Gasteiger partial charge is 0.249 e. The van der Waals surface area contributed by atoms with Gasteiger partial charge >= 0.3 is 0 Å². The Balaban J connectivity index is 1.60. The largest absolute Gasteiger partial charge is 0.337 e. The summed E-state index contributed by atoms with van der Waals surface area (Å²) in [6.07, 6.45) is 0.995. The molecule has 1 aromatic carbocycles. The van der Waals surface area contributed by atoms with Crippen molar-refractivity contribution in [3.05, 3.63) is 59.0 Å². The van der Waals surface area contributed by atoms with Crippen LogP contribution >= 0.6 is 11.3 Å². The summed E-state index contributed by atoms with van der Waals surface area (Å²) >= 11 is 1.52. The third kappa shape index (κ3) is 2.71. The Kier molecular flexibility index (Phi) is 3.86. The number of carbonyl (C=O) groups excluding carboxylic acids is 1. The summed E-state index contributed by atoms with van der Waals surface area (Å²) in [5.74, 6) is 0.575. The lowest BCUT2D eigenvalue weighted by Crippen LogP contribution is -2.27. The molecule has 1 aliphatic rings. The molecule has 3 aromatic rings. The lowest BCUT2D eigenvalue weighted by atomic mass is 10.1. The summed E-state index contributed by atoms with van der Waals surface area (Å²) in [6.45, 7) is 0.201. The number of benzene rings is 1. The number of nitrogens with zero attached hydrogens (tertiary/aromatic N) is 3. The standard InChI is InChI=1S/C17H14FN3O2S/c18-12-5-2-1-4-11(12)10-21-13(7-8-15(21)22)17-19-16(20-23-17)14-6-3-9-24-14/h1-6,9,13H,7-8,10H2. The third-order valence-electron chi connectivity index (χ3n) is 4.10. The van der Waals surface area contributed by atoms with E-state index in [4.69, 9.17) is 4.52 Å². The topological polar surface area (TPSA) is 59.2 Å². The lowest BCUT2D eigenvalue weighted by Gasteiger charge is -2.22. The van der Waals surface area contributed by atoms with Crippen molar-refractivity contribution >= 4 is 17.2 Å². The molecule has 0 spiro atoms. The number of likely N-dealkylation sites (tertiary alicyclic amines) is 1. The molecule has 1 amide bonds. The van der Waals surface area contributed by atoms with Crippen LogP contribution in [0.5, 0.6) is 0 Å². The molecule has 3 heterocycles. The first-order valence-electron chi connectivity index (χ1n) is 7.63. The quantitative estimate of drug-likeness (QED) is 0.723. The van der Waals surface area contributed by atoms with Crippen LogP contribution in [-0.4, -0.2) is 20.9 Å². The fourth-order valence-electron chi connectivity index (χ4n) is 2.88. The van der Waals surface area contributed by atoms with E-state index in [2.05, 4.69) is 10.1 Å². The lowest BCUT2D eigenvalue weighted by molar-refractivity contribution is -0.130. The van der Waals surface area contributed by atoms with E-state index in [0.29, 0.717) is 30.1 Å². The Labute approximate surface area is 141 Å². The van der Waals surface area contributed by atoms with E-state index in [1.807, 2.05) is 17.5 Å².